The lowest BCUT2D eigenvalue weighted by atomic mass is 9.94. The molecule has 0 radical (unpaired) electrons. The molecule has 29 heavy (non-hydrogen) atoms. The van der Waals surface area contributed by atoms with Gasteiger partial charge in [0.05, 0.1) is 10.5 Å². The third-order valence-corrected chi connectivity index (χ3v) is 6.93. The van der Waals surface area contributed by atoms with E-state index in [9.17, 15) is 13.2 Å². The van der Waals surface area contributed by atoms with E-state index in [0.717, 1.165) is 6.42 Å². The highest BCUT2D eigenvalue weighted by Crippen LogP contribution is 2.35. The van der Waals surface area contributed by atoms with Crippen LogP contribution in [0.3, 0.4) is 0 Å². The summed E-state index contributed by atoms with van der Waals surface area (Å²) in [6, 6.07) is 10.8. The molecule has 2 atom stereocenters. The van der Waals surface area contributed by atoms with Gasteiger partial charge in [0.1, 0.15) is 5.75 Å². The molecular formula is C21H23NO6S. The number of nitrogens with zero attached hydrogens (tertiary/aromatic N) is 1. The lowest BCUT2D eigenvalue weighted by Crippen LogP contribution is -2.42. The molecule has 0 N–H and O–H groups in total. The van der Waals surface area contributed by atoms with E-state index in [0.29, 0.717) is 42.2 Å². The number of hydrogen-bond acceptors (Lipinski definition) is 6. The highest BCUT2D eigenvalue weighted by molar-refractivity contribution is 7.89. The van der Waals surface area contributed by atoms with E-state index in [2.05, 4.69) is 13.8 Å². The highest BCUT2D eigenvalue weighted by Gasteiger charge is 2.32. The van der Waals surface area contributed by atoms with Crippen LogP contribution < -0.4 is 14.2 Å². The van der Waals surface area contributed by atoms with Crippen molar-refractivity contribution in [2.45, 2.75) is 25.2 Å². The Bertz CT molecular complexity index is 1030. The molecule has 2 aromatic carbocycles. The SMILES string of the molecule is C[C@@H]1C[C@H](C)CN(S(=O)(=O)c2cccc(C(=O)Oc3ccc4c(c3)OCO4)c2)C1. The van der Waals surface area contributed by atoms with E-state index in [1.807, 2.05) is 0 Å². The van der Waals surface area contributed by atoms with E-state index in [-0.39, 0.29) is 17.3 Å². The molecule has 0 unspecified atom stereocenters. The van der Waals surface area contributed by atoms with Gasteiger partial charge in [0.15, 0.2) is 11.5 Å². The van der Waals surface area contributed by atoms with Gasteiger partial charge in [0.25, 0.3) is 0 Å². The average Bonchev–Trinajstić information content (AvgIpc) is 3.15. The minimum atomic E-state index is -3.68. The Morgan fingerprint density at radius 2 is 1.76 bits per heavy atom. The summed E-state index contributed by atoms with van der Waals surface area (Å²) in [6.07, 6.45) is 1.01. The van der Waals surface area contributed by atoms with E-state index in [1.165, 1.54) is 22.5 Å². The zero-order valence-corrected chi connectivity index (χ0v) is 17.1. The second kappa shape index (κ2) is 7.68. The number of sulfonamides is 1. The molecular weight excluding hydrogens is 394 g/mol. The van der Waals surface area contributed by atoms with Crippen LogP contribution in [0.1, 0.15) is 30.6 Å². The summed E-state index contributed by atoms with van der Waals surface area (Å²) in [7, 11) is -3.68. The minimum Gasteiger partial charge on any atom is -0.454 e. The number of esters is 1. The van der Waals surface area contributed by atoms with Crippen LogP contribution in [0.4, 0.5) is 0 Å². The molecule has 0 amide bonds. The Labute approximate surface area is 170 Å². The lowest BCUT2D eigenvalue weighted by Gasteiger charge is -2.34. The average molecular weight is 417 g/mol. The Hall–Kier alpha value is -2.58. The summed E-state index contributed by atoms with van der Waals surface area (Å²) in [5.74, 6) is 1.34. The molecule has 2 aliphatic heterocycles. The van der Waals surface area contributed by atoms with Crippen molar-refractivity contribution in [2.75, 3.05) is 19.9 Å². The van der Waals surface area contributed by atoms with Gasteiger partial charge in [-0.3, -0.25) is 0 Å². The van der Waals surface area contributed by atoms with Gasteiger partial charge in [0, 0.05) is 19.2 Å². The summed E-state index contributed by atoms with van der Waals surface area (Å²) in [5.41, 5.74) is 0.168. The third kappa shape index (κ3) is 4.09. The van der Waals surface area contributed by atoms with Gasteiger partial charge < -0.3 is 14.2 Å². The summed E-state index contributed by atoms with van der Waals surface area (Å²) in [4.78, 5) is 12.7. The zero-order chi connectivity index (χ0) is 20.6. The second-order valence-electron chi connectivity index (χ2n) is 7.70. The predicted octanol–water partition coefficient (Wildman–Crippen LogP) is 3.30. The van der Waals surface area contributed by atoms with Gasteiger partial charge in [-0.25, -0.2) is 13.2 Å². The number of ether oxygens (including phenoxy) is 3. The monoisotopic (exact) mass is 417 g/mol. The maximum atomic E-state index is 13.1. The van der Waals surface area contributed by atoms with Crippen molar-refractivity contribution in [3.05, 3.63) is 48.0 Å². The standard InChI is InChI=1S/C21H23NO6S/c1-14-8-15(2)12-22(11-14)29(24,25)18-5-3-4-16(9-18)21(23)28-17-6-7-19-20(10-17)27-13-26-19/h3-7,9-10,14-15H,8,11-13H2,1-2H3/t14-,15+. The minimum absolute atomic E-state index is 0.0962. The van der Waals surface area contributed by atoms with Crippen LogP contribution in [0.25, 0.3) is 0 Å². The first-order valence-corrected chi connectivity index (χ1v) is 11.0. The number of benzene rings is 2. The van der Waals surface area contributed by atoms with Crippen molar-refractivity contribution in [1.82, 2.24) is 4.31 Å². The van der Waals surface area contributed by atoms with Crippen molar-refractivity contribution in [2.24, 2.45) is 11.8 Å². The summed E-state index contributed by atoms with van der Waals surface area (Å²) >= 11 is 0. The van der Waals surface area contributed by atoms with Gasteiger partial charge in [-0.1, -0.05) is 19.9 Å². The fourth-order valence-corrected chi connectivity index (χ4v) is 5.57. The Kier molecular flexibility index (Phi) is 5.23. The van der Waals surface area contributed by atoms with Crippen LogP contribution in [-0.2, 0) is 10.0 Å². The molecule has 154 valence electrons. The first-order valence-electron chi connectivity index (χ1n) is 9.55. The normalized spacial score (nSPS) is 21.7. The van der Waals surface area contributed by atoms with Crippen LogP contribution in [0, 0.1) is 11.8 Å². The van der Waals surface area contributed by atoms with Crippen LogP contribution in [0.5, 0.6) is 17.2 Å². The Morgan fingerprint density at radius 3 is 2.52 bits per heavy atom. The molecule has 2 aromatic rings. The van der Waals surface area contributed by atoms with Crippen molar-refractivity contribution < 1.29 is 27.4 Å². The van der Waals surface area contributed by atoms with Crippen molar-refractivity contribution in [3.63, 3.8) is 0 Å². The molecule has 0 spiro atoms. The van der Waals surface area contributed by atoms with E-state index in [1.54, 1.807) is 24.3 Å². The smallest absolute Gasteiger partial charge is 0.343 e. The third-order valence-electron chi connectivity index (χ3n) is 5.10. The largest absolute Gasteiger partial charge is 0.454 e. The van der Waals surface area contributed by atoms with Crippen molar-refractivity contribution in [3.8, 4) is 17.2 Å². The Balaban J connectivity index is 1.54. The van der Waals surface area contributed by atoms with Crippen LogP contribution in [-0.4, -0.2) is 38.6 Å². The maximum Gasteiger partial charge on any atom is 0.343 e. The van der Waals surface area contributed by atoms with E-state index >= 15 is 0 Å². The quantitative estimate of drug-likeness (QED) is 0.561. The zero-order valence-electron chi connectivity index (χ0n) is 16.3. The lowest BCUT2D eigenvalue weighted by molar-refractivity contribution is 0.0734. The molecule has 4 rings (SSSR count). The molecule has 0 aromatic heterocycles. The maximum absolute atomic E-state index is 13.1. The molecule has 1 fully saturated rings. The molecule has 0 bridgehead atoms. The fraction of sp³-hybridized carbons (Fsp3) is 0.381. The van der Waals surface area contributed by atoms with E-state index in [4.69, 9.17) is 14.2 Å². The number of hydrogen-bond donors (Lipinski definition) is 0. The first kappa shape index (κ1) is 19.7. The van der Waals surface area contributed by atoms with Crippen molar-refractivity contribution in [1.29, 1.82) is 0 Å². The van der Waals surface area contributed by atoms with Gasteiger partial charge in [-0.05, 0) is 48.6 Å². The highest BCUT2D eigenvalue weighted by atomic mass is 32.2. The van der Waals surface area contributed by atoms with Crippen LogP contribution in [0.2, 0.25) is 0 Å². The molecule has 2 aliphatic rings. The van der Waals surface area contributed by atoms with Gasteiger partial charge >= 0.3 is 5.97 Å². The summed E-state index contributed by atoms with van der Waals surface area (Å²) in [6.45, 7) is 5.20. The molecule has 7 nitrogen and oxygen atoms in total. The summed E-state index contributed by atoms with van der Waals surface area (Å²) < 4.78 is 43.6. The Morgan fingerprint density at radius 1 is 1.03 bits per heavy atom. The molecule has 2 heterocycles. The fourth-order valence-electron chi connectivity index (χ4n) is 3.84. The van der Waals surface area contributed by atoms with E-state index < -0.39 is 16.0 Å². The summed E-state index contributed by atoms with van der Waals surface area (Å²) in [5, 5.41) is 0. The van der Waals surface area contributed by atoms with Gasteiger partial charge in [-0.2, -0.15) is 4.31 Å². The van der Waals surface area contributed by atoms with Gasteiger partial charge in [-0.15, -0.1) is 0 Å². The van der Waals surface area contributed by atoms with Crippen molar-refractivity contribution >= 4 is 16.0 Å². The number of rotatable bonds is 4. The van der Waals surface area contributed by atoms with Gasteiger partial charge in [0.2, 0.25) is 16.8 Å². The number of carbonyl (C=O) groups is 1. The molecule has 8 heteroatoms. The number of fused-ring (bicyclic) bond motifs is 1. The molecule has 1 saturated heterocycles. The second-order valence-corrected chi connectivity index (χ2v) is 9.64. The molecule has 0 saturated carbocycles. The first-order chi connectivity index (χ1) is 13.8. The number of carbonyl (C=O) groups excluding carboxylic acids is 1. The number of piperidine rings is 1. The predicted molar refractivity (Wildman–Crippen MR) is 106 cm³/mol. The molecule has 0 aliphatic carbocycles. The topological polar surface area (TPSA) is 82.1 Å². The van der Waals surface area contributed by atoms with Crippen LogP contribution >= 0.6 is 0 Å². The van der Waals surface area contributed by atoms with Crippen LogP contribution in [0.15, 0.2) is 47.4 Å².